The van der Waals surface area contributed by atoms with Crippen molar-refractivity contribution in [2.75, 3.05) is 39.3 Å². The quantitative estimate of drug-likeness (QED) is 0.746. The summed E-state index contributed by atoms with van der Waals surface area (Å²) in [4.78, 5) is 22.0. The van der Waals surface area contributed by atoms with Crippen molar-refractivity contribution in [3.63, 3.8) is 0 Å². The maximum absolute atomic E-state index is 12.5. The van der Waals surface area contributed by atoms with E-state index in [1.807, 2.05) is 18.2 Å². The van der Waals surface area contributed by atoms with Crippen molar-refractivity contribution in [1.82, 2.24) is 20.7 Å². The third kappa shape index (κ3) is 4.28. The Hall–Kier alpha value is -2.18. The summed E-state index contributed by atoms with van der Waals surface area (Å²) >= 11 is 1.49. The summed E-state index contributed by atoms with van der Waals surface area (Å²) in [7, 11) is 0. The van der Waals surface area contributed by atoms with Gasteiger partial charge < -0.3 is 4.90 Å². The minimum Gasteiger partial charge on any atom is -0.348 e. The largest absolute Gasteiger partial charge is 0.348 e. The van der Waals surface area contributed by atoms with Gasteiger partial charge in [0.1, 0.15) is 0 Å². The highest BCUT2D eigenvalue weighted by atomic mass is 32.2. The van der Waals surface area contributed by atoms with Crippen LogP contribution in [0.25, 0.3) is 0 Å². The molecular weight excluding hydrogens is 372 g/mol. The van der Waals surface area contributed by atoms with Gasteiger partial charge in [-0.25, -0.2) is 5.43 Å². The van der Waals surface area contributed by atoms with E-state index in [0.29, 0.717) is 6.42 Å². The SMILES string of the molecule is N#CCCN1CCN(C2=NC(=O)/C(=C/C3CNNC3c3ccccc3)S2)CC1. The first-order valence-corrected chi connectivity index (χ1v) is 10.5. The predicted molar refractivity (Wildman–Crippen MR) is 110 cm³/mol. The Bertz CT molecular complexity index is 810. The average Bonchev–Trinajstić information content (AvgIpc) is 3.34. The van der Waals surface area contributed by atoms with E-state index in [1.165, 1.54) is 17.3 Å². The van der Waals surface area contributed by atoms with Crippen molar-refractivity contribution in [1.29, 1.82) is 5.26 Å². The van der Waals surface area contributed by atoms with Crippen LogP contribution in [0, 0.1) is 17.2 Å². The van der Waals surface area contributed by atoms with Crippen LogP contribution in [-0.4, -0.2) is 60.1 Å². The Kier molecular flexibility index (Phi) is 6.07. The van der Waals surface area contributed by atoms with E-state index in [2.05, 4.69) is 49.9 Å². The number of nitrogens with one attached hydrogen (secondary N) is 2. The van der Waals surface area contributed by atoms with Gasteiger partial charge in [0, 0.05) is 51.6 Å². The van der Waals surface area contributed by atoms with E-state index >= 15 is 0 Å². The first kappa shape index (κ1) is 19.2. The number of thioether (sulfide) groups is 1. The molecule has 0 aromatic heterocycles. The zero-order chi connectivity index (χ0) is 19.3. The number of carbonyl (C=O) groups is 1. The number of amidine groups is 1. The van der Waals surface area contributed by atoms with Gasteiger partial charge in [0.05, 0.1) is 17.0 Å². The molecule has 1 aromatic carbocycles. The van der Waals surface area contributed by atoms with Crippen LogP contribution in [0.2, 0.25) is 0 Å². The third-order valence-corrected chi connectivity index (χ3v) is 6.40. The van der Waals surface area contributed by atoms with Gasteiger partial charge in [0.15, 0.2) is 5.17 Å². The molecular formula is C20H24N6OS. The number of aliphatic imine (C=N–C) groups is 1. The molecule has 3 heterocycles. The van der Waals surface area contributed by atoms with Crippen LogP contribution in [0.1, 0.15) is 18.0 Å². The molecule has 2 fully saturated rings. The highest BCUT2D eigenvalue weighted by molar-refractivity contribution is 8.18. The lowest BCUT2D eigenvalue weighted by atomic mass is 9.94. The van der Waals surface area contributed by atoms with E-state index < -0.39 is 0 Å². The lowest BCUT2D eigenvalue weighted by molar-refractivity contribution is -0.113. The average molecular weight is 397 g/mol. The number of benzene rings is 1. The molecule has 8 heteroatoms. The van der Waals surface area contributed by atoms with E-state index in [9.17, 15) is 4.79 Å². The molecule has 4 rings (SSSR count). The first-order chi connectivity index (χ1) is 13.7. The molecule has 28 heavy (non-hydrogen) atoms. The second kappa shape index (κ2) is 8.88. The molecule has 0 saturated carbocycles. The monoisotopic (exact) mass is 396 g/mol. The summed E-state index contributed by atoms with van der Waals surface area (Å²) in [6.45, 7) is 5.09. The molecule has 0 aliphatic carbocycles. The van der Waals surface area contributed by atoms with Gasteiger partial charge in [-0.3, -0.25) is 15.1 Å². The number of hydrazine groups is 1. The van der Waals surface area contributed by atoms with E-state index in [4.69, 9.17) is 5.26 Å². The summed E-state index contributed by atoms with van der Waals surface area (Å²) in [6, 6.07) is 12.6. The molecule has 2 unspecified atom stereocenters. The van der Waals surface area contributed by atoms with E-state index in [1.54, 1.807) is 0 Å². The number of nitrogens with zero attached hydrogens (tertiary/aromatic N) is 4. The second-order valence-electron chi connectivity index (χ2n) is 7.15. The van der Waals surface area contributed by atoms with Gasteiger partial charge in [-0.1, -0.05) is 36.4 Å². The summed E-state index contributed by atoms with van der Waals surface area (Å²) in [6.07, 6.45) is 2.63. The van der Waals surface area contributed by atoms with Crippen LogP contribution in [0.15, 0.2) is 46.3 Å². The molecule has 0 bridgehead atoms. The van der Waals surface area contributed by atoms with Crippen LogP contribution in [0.4, 0.5) is 0 Å². The molecule has 0 radical (unpaired) electrons. The highest BCUT2D eigenvalue weighted by Crippen LogP contribution is 2.33. The number of nitriles is 1. The molecule has 0 spiro atoms. The Morgan fingerprint density at radius 1 is 1.25 bits per heavy atom. The number of carbonyl (C=O) groups excluding carboxylic acids is 1. The summed E-state index contributed by atoms with van der Waals surface area (Å²) in [5.74, 6) is 0.0665. The highest BCUT2D eigenvalue weighted by Gasteiger charge is 2.32. The van der Waals surface area contributed by atoms with Gasteiger partial charge in [-0.2, -0.15) is 10.3 Å². The summed E-state index contributed by atoms with van der Waals surface area (Å²) in [5, 5.41) is 9.54. The van der Waals surface area contributed by atoms with Crippen LogP contribution in [0.3, 0.4) is 0 Å². The maximum atomic E-state index is 12.5. The van der Waals surface area contributed by atoms with Gasteiger partial charge in [0.2, 0.25) is 0 Å². The molecule has 2 saturated heterocycles. The standard InChI is InChI=1S/C20H24N6OS/c21-7-4-8-25-9-11-26(12-10-25)20-23-19(27)17(28-20)13-16-14-22-24-18(16)15-5-2-1-3-6-15/h1-3,5-6,13,16,18,22,24H,4,8-12,14H2/b17-13-. The number of rotatable bonds is 4. The molecule has 1 aromatic rings. The molecule has 3 aliphatic heterocycles. The summed E-state index contributed by atoms with van der Waals surface area (Å²) < 4.78 is 0. The fraction of sp³-hybridized carbons (Fsp3) is 0.450. The number of hydrogen-bond donors (Lipinski definition) is 2. The normalized spacial score (nSPS) is 27.2. The van der Waals surface area contributed by atoms with Gasteiger partial charge >= 0.3 is 0 Å². The molecule has 7 nitrogen and oxygen atoms in total. The maximum Gasteiger partial charge on any atom is 0.285 e. The van der Waals surface area contributed by atoms with Crippen LogP contribution < -0.4 is 10.9 Å². The van der Waals surface area contributed by atoms with E-state index in [0.717, 1.165) is 49.3 Å². The van der Waals surface area contributed by atoms with Crippen LogP contribution >= 0.6 is 11.8 Å². The van der Waals surface area contributed by atoms with Gasteiger partial charge in [-0.15, -0.1) is 0 Å². The zero-order valence-corrected chi connectivity index (χ0v) is 16.5. The predicted octanol–water partition coefficient (Wildman–Crippen LogP) is 1.50. The first-order valence-electron chi connectivity index (χ1n) is 9.65. The van der Waals surface area contributed by atoms with Crippen molar-refractivity contribution >= 4 is 22.8 Å². The fourth-order valence-electron chi connectivity index (χ4n) is 3.77. The zero-order valence-electron chi connectivity index (χ0n) is 15.7. The van der Waals surface area contributed by atoms with Crippen molar-refractivity contribution in [2.24, 2.45) is 10.9 Å². The Labute approximate surface area is 169 Å². The smallest absolute Gasteiger partial charge is 0.285 e. The minimum atomic E-state index is -0.134. The Balaban J connectivity index is 1.38. The second-order valence-corrected chi connectivity index (χ2v) is 8.16. The summed E-state index contributed by atoms with van der Waals surface area (Å²) in [5.41, 5.74) is 7.74. The Morgan fingerprint density at radius 3 is 2.79 bits per heavy atom. The third-order valence-electron chi connectivity index (χ3n) is 5.34. The molecule has 3 aliphatic rings. The minimum absolute atomic E-state index is 0.134. The van der Waals surface area contributed by atoms with Crippen LogP contribution in [-0.2, 0) is 4.79 Å². The number of hydrogen-bond acceptors (Lipinski definition) is 7. The fourth-order valence-corrected chi connectivity index (χ4v) is 4.78. The van der Waals surface area contributed by atoms with Gasteiger partial charge in [-0.05, 0) is 17.3 Å². The molecule has 146 valence electrons. The number of amides is 1. The van der Waals surface area contributed by atoms with Crippen molar-refractivity contribution in [2.45, 2.75) is 12.5 Å². The Morgan fingerprint density at radius 2 is 2.04 bits per heavy atom. The van der Waals surface area contributed by atoms with Crippen LogP contribution in [0.5, 0.6) is 0 Å². The van der Waals surface area contributed by atoms with Crippen molar-refractivity contribution in [3.8, 4) is 6.07 Å². The van der Waals surface area contributed by atoms with Gasteiger partial charge in [0.25, 0.3) is 5.91 Å². The molecule has 1 amide bonds. The topological polar surface area (TPSA) is 83.8 Å². The number of piperazine rings is 1. The molecule has 2 atom stereocenters. The molecule has 2 N–H and O–H groups in total. The lowest BCUT2D eigenvalue weighted by Crippen LogP contribution is -2.47. The van der Waals surface area contributed by atoms with Crippen molar-refractivity contribution in [3.05, 3.63) is 46.9 Å². The van der Waals surface area contributed by atoms with Crippen molar-refractivity contribution < 1.29 is 4.79 Å². The van der Waals surface area contributed by atoms with E-state index in [-0.39, 0.29) is 17.9 Å². The lowest BCUT2D eigenvalue weighted by Gasteiger charge is -2.34.